The Morgan fingerprint density at radius 1 is 1.12 bits per heavy atom. The fourth-order valence-corrected chi connectivity index (χ4v) is 4.55. The lowest BCUT2D eigenvalue weighted by molar-refractivity contribution is -0.171. The van der Waals surface area contributed by atoms with E-state index in [0.717, 1.165) is 36.8 Å². The molecule has 4 rings (SSSR count). The number of benzene rings is 1. The lowest BCUT2D eigenvalue weighted by Crippen LogP contribution is -2.44. The molecule has 3 unspecified atom stereocenters. The highest BCUT2D eigenvalue weighted by atomic mass is 16.7. The van der Waals surface area contributed by atoms with Crippen molar-refractivity contribution in [2.75, 3.05) is 7.05 Å². The molecular weight excluding hydrogens is 320 g/mol. The summed E-state index contributed by atoms with van der Waals surface area (Å²) in [5.74, 6) is -0.586. The van der Waals surface area contributed by atoms with Crippen molar-refractivity contribution in [1.29, 1.82) is 0 Å². The van der Waals surface area contributed by atoms with E-state index in [2.05, 4.69) is 0 Å². The van der Waals surface area contributed by atoms with E-state index in [-0.39, 0.29) is 29.6 Å². The zero-order valence-corrected chi connectivity index (χ0v) is 14.6. The van der Waals surface area contributed by atoms with Gasteiger partial charge in [0.15, 0.2) is 6.10 Å². The molecule has 6 nitrogen and oxygen atoms in total. The second-order valence-corrected chi connectivity index (χ2v) is 7.43. The van der Waals surface area contributed by atoms with Gasteiger partial charge in [-0.05, 0) is 37.0 Å². The van der Waals surface area contributed by atoms with Gasteiger partial charge in [0.25, 0.3) is 5.91 Å². The van der Waals surface area contributed by atoms with Gasteiger partial charge >= 0.3 is 0 Å². The largest absolute Gasteiger partial charge is 0.508 e. The van der Waals surface area contributed by atoms with Crippen LogP contribution in [0, 0.1) is 12.8 Å². The highest BCUT2D eigenvalue weighted by Crippen LogP contribution is 2.45. The minimum atomic E-state index is -0.724. The first kappa shape index (κ1) is 16.5. The number of phenolic OH excluding ortho intramolecular Hbond substituents is 1. The summed E-state index contributed by atoms with van der Waals surface area (Å²) in [7, 11) is 1.76. The summed E-state index contributed by atoms with van der Waals surface area (Å²) >= 11 is 0. The monoisotopic (exact) mass is 344 g/mol. The average molecular weight is 344 g/mol. The first-order valence-electron chi connectivity index (χ1n) is 9.05. The molecular formula is C19H24N2O4. The molecule has 2 saturated heterocycles. The Balaban J connectivity index is 1.66. The second-order valence-electron chi connectivity index (χ2n) is 7.43. The van der Waals surface area contributed by atoms with E-state index in [9.17, 15) is 14.7 Å². The van der Waals surface area contributed by atoms with Gasteiger partial charge in [-0.15, -0.1) is 0 Å². The van der Waals surface area contributed by atoms with Crippen LogP contribution in [0.1, 0.15) is 49.3 Å². The molecule has 0 spiro atoms. The molecule has 1 aromatic carbocycles. The predicted octanol–water partition coefficient (Wildman–Crippen LogP) is 2.31. The average Bonchev–Trinajstić information content (AvgIpc) is 3.06. The van der Waals surface area contributed by atoms with E-state index in [0.29, 0.717) is 0 Å². The number of phenols is 1. The van der Waals surface area contributed by atoms with Crippen LogP contribution < -0.4 is 0 Å². The van der Waals surface area contributed by atoms with Crippen molar-refractivity contribution in [3.8, 4) is 5.75 Å². The molecule has 3 atom stereocenters. The summed E-state index contributed by atoms with van der Waals surface area (Å²) < 4.78 is 0. The van der Waals surface area contributed by atoms with Gasteiger partial charge in [-0.1, -0.05) is 31.4 Å². The van der Waals surface area contributed by atoms with E-state index in [1.807, 2.05) is 13.0 Å². The molecule has 1 N–H and O–H groups in total. The van der Waals surface area contributed by atoms with Crippen LogP contribution in [0.4, 0.5) is 0 Å². The number of carbonyl (C=O) groups excluding carboxylic acids is 2. The quantitative estimate of drug-likeness (QED) is 0.834. The number of carbonyl (C=O) groups is 2. The third-order valence-electron chi connectivity index (χ3n) is 5.84. The third kappa shape index (κ3) is 2.55. The number of rotatable bonds is 2. The first-order valence-corrected chi connectivity index (χ1v) is 9.05. The lowest BCUT2D eigenvalue weighted by Gasteiger charge is -2.31. The highest BCUT2D eigenvalue weighted by Gasteiger charge is 2.59. The van der Waals surface area contributed by atoms with Crippen LogP contribution in [0.3, 0.4) is 0 Å². The Bertz CT molecular complexity index is 713. The molecule has 1 aliphatic carbocycles. The zero-order valence-electron chi connectivity index (χ0n) is 14.6. The van der Waals surface area contributed by atoms with Crippen molar-refractivity contribution in [2.45, 2.75) is 57.2 Å². The van der Waals surface area contributed by atoms with Crippen LogP contribution >= 0.6 is 0 Å². The maximum absolute atomic E-state index is 13.1. The number of hydrogen-bond acceptors (Lipinski definition) is 5. The van der Waals surface area contributed by atoms with Crippen LogP contribution in [-0.4, -0.2) is 46.1 Å². The SMILES string of the molecule is Cc1cc(C2C3C(=O)N(C4CCCCC4)C(=O)C3ON2C)ccc1O. The molecule has 3 aliphatic rings. The summed E-state index contributed by atoms with van der Waals surface area (Å²) in [5.41, 5.74) is 1.63. The van der Waals surface area contributed by atoms with E-state index >= 15 is 0 Å². The van der Waals surface area contributed by atoms with Crippen LogP contribution in [0.25, 0.3) is 0 Å². The van der Waals surface area contributed by atoms with E-state index < -0.39 is 12.0 Å². The van der Waals surface area contributed by atoms with Crippen molar-refractivity contribution < 1.29 is 19.5 Å². The minimum absolute atomic E-state index is 0.0236. The summed E-state index contributed by atoms with van der Waals surface area (Å²) in [5, 5.41) is 11.4. The van der Waals surface area contributed by atoms with Crippen LogP contribution in [0.15, 0.2) is 18.2 Å². The number of imide groups is 1. The predicted molar refractivity (Wildman–Crippen MR) is 90.4 cm³/mol. The Morgan fingerprint density at radius 3 is 2.52 bits per heavy atom. The van der Waals surface area contributed by atoms with Gasteiger partial charge in [-0.25, -0.2) is 0 Å². The van der Waals surface area contributed by atoms with Crippen LogP contribution in [0.5, 0.6) is 5.75 Å². The molecule has 3 fully saturated rings. The minimum Gasteiger partial charge on any atom is -0.508 e. The number of aryl methyl sites for hydroxylation is 1. The van der Waals surface area contributed by atoms with Crippen LogP contribution in [0.2, 0.25) is 0 Å². The van der Waals surface area contributed by atoms with Gasteiger partial charge in [0.2, 0.25) is 5.91 Å². The van der Waals surface area contributed by atoms with Crippen molar-refractivity contribution in [2.24, 2.45) is 5.92 Å². The first-order chi connectivity index (χ1) is 12.0. The Hall–Kier alpha value is -1.92. The fourth-order valence-electron chi connectivity index (χ4n) is 4.55. The van der Waals surface area contributed by atoms with E-state index in [1.165, 1.54) is 11.3 Å². The van der Waals surface area contributed by atoms with E-state index in [4.69, 9.17) is 4.84 Å². The number of hydrogen-bond donors (Lipinski definition) is 1. The molecule has 25 heavy (non-hydrogen) atoms. The topological polar surface area (TPSA) is 70.1 Å². The number of hydroxylamine groups is 2. The summed E-state index contributed by atoms with van der Waals surface area (Å²) in [4.78, 5) is 33.3. The Labute approximate surface area is 147 Å². The molecule has 134 valence electrons. The molecule has 0 aromatic heterocycles. The Kier molecular flexibility index (Phi) is 4.04. The van der Waals surface area contributed by atoms with Crippen molar-refractivity contribution in [1.82, 2.24) is 9.96 Å². The summed E-state index contributed by atoms with van der Waals surface area (Å²) in [6.45, 7) is 1.82. The third-order valence-corrected chi connectivity index (χ3v) is 5.84. The number of amides is 2. The lowest BCUT2D eigenvalue weighted by atomic mass is 9.90. The number of nitrogens with zero attached hydrogens (tertiary/aromatic N) is 2. The summed E-state index contributed by atoms with van der Waals surface area (Å²) in [6, 6.07) is 5.01. The van der Waals surface area contributed by atoms with Crippen LogP contribution in [-0.2, 0) is 14.4 Å². The Morgan fingerprint density at radius 2 is 1.84 bits per heavy atom. The molecule has 0 radical (unpaired) electrons. The van der Waals surface area contributed by atoms with Gasteiger partial charge in [0, 0.05) is 13.1 Å². The number of fused-ring (bicyclic) bond motifs is 1. The normalized spacial score (nSPS) is 31.0. The molecule has 2 heterocycles. The number of aromatic hydroxyl groups is 1. The number of likely N-dealkylation sites (tertiary alicyclic amines) is 1. The fraction of sp³-hybridized carbons (Fsp3) is 0.579. The summed E-state index contributed by atoms with van der Waals surface area (Å²) in [6.07, 6.45) is 4.38. The molecule has 0 bridgehead atoms. The zero-order chi connectivity index (χ0) is 17.7. The van der Waals surface area contributed by atoms with E-state index in [1.54, 1.807) is 24.2 Å². The second kappa shape index (κ2) is 6.11. The van der Waals surface area contributed by atoms with Gasteiger partial charge in [0.05, 0.1) is 12.0 Å². The van der Waals surface area contributed by atoms with Crippen molar-refractivity contribution >= 4 is 11.8 Å². The molecule has 1 aromatic rings. The smallest absolute Gasteiger partial charge is 0.261 e. The van der Waals surface area contributed by atoms with Crippen molar-refractivity contribution in [3.63, 3.8) is 0 Å². The van der Waals surface area contributed by atoms with Gasteiger partial charge in [-0.3, -0.25) is 19.3 Å². The van der Waals surface area contributed by atoms with Crippen molar-refractivity contribution in [3.05, 3.63) is 29.3 Å². The molecule has 2 amide bonds. The highest BCUT2D eigenvalue weighted by molar-refractivity contribution is 6.07. The maximum atomic E-state index is 13.1. The molecule has 1 saturated carbocycles. The van der Waals surface area contributed by atoms with Gasteiger partial charge in [-0.2, -0.15) is 5.06 Å². The standard InChI is InChI=1S/C19H24N2O4/c1-11-10-12(8-9-14(11)22)16-15-17(25-20(16)2)19(24)21(18(15)23)13-6-4-3-5-7-13/h8-10,13,15-17,22H,3-7H2,1-2H3. The van der Waals surface area contributed by atoms with Gasteiger partial charge < -0.3 is 5.11 Å². The maximum Gasteiger partial charge on any atom is 0.261 e. The molecule has 2 aliphatic heterocycles. The molecule has 6 heteroatoms. The van der Waals surface area contributed by atoms with Gasteiger partial charge in [0.1, 0.15) is 5.75 Å².